The number of benzene rings is 1. The van der Waals surface area contributed by atoms with Gasteiger partial charge in [-0.2, -0.15) is 0 Å². The van der Waals surface area contributed by atoms with E-state index in [2.05, 4.69) is 6.58 Å². The molecule has 1 N–H and O–H groups in total. The van der Waals surface area contributed by atoms with Crippen LogP contribution < -0.4 is 0 Å². The van der Waals surface area contributed by atoms with E-state index in [0.717, 1.165) is 17.0 Å². The summed E-state index contributed by atoms with van der Waals surface area (Å²) in [6, 6.07) is 3.22. The Morgan fingerprint density at radius 2 is 2.00 bits per heavy atom. The van der Waals surface area contributed by atoms with Gasteiger partial charge in [0.1, 0.15) is 17.2 Å². The van der Waals surface area contributed by atoms with Crippen molar-refractivity contribution in [3.05, 3.63) is 48.1 Å². The summed E-state index contributed by atoms with van der Waals surface area (Å²) in [6.07, 6.45) is 1.42. The van der Waals surface area contributed by atoms with Crippen molar-refractivity contribution in [2.24, 2.45) is 0 Å². The van der Waals surface area contributed by atoms with E-state index in [9.17, 15) is 13.6 Å². The molecule has 0 radical (unpaired) electrons. The highest BCUT2D eigenvalue weighted by Gasteiger charge is 2.21. The average Bonchev–Trinajstić information content (AvgIpc) is 2.28. The average molecular weight is 241 g/mol. The van der Waals surface area contributed by atoms with Gasteiger partial charge in [0.15, 0.2) is 0 Å². The van der Waals surface area contributed by atoms with Gasteiger partial charge in [0.25, 0.3) is 5.91 Å². The Balaban J connectivity index is 3.04. The lowest BCUT2D eigenvalue weighted by molar-refractivity contribution is 0.0733. The Kier molecular flexibility index (Phi) is 4.78. The number of aliphatic hydroxyl groups is 1. The van der Waals surface area contributed by atoms with Gasteiger partial charge in [-0.15, -0.1) is 6.58 Å². The molecule has 0 bridgehead atoms. The molecule has 0 aliphatic heterocycles. The van der Waals surface area contributed by atoms with E-state index in [1.54, 1.807) is 0 Å². The largest absolute Gasteiger partial charge is 0.395 e. The SMILES string of the molecule is C=CCN(CCO)C(=O)c1c(F)cccc1F. The monoisotopic (exact) mass is 241 g/mol. The Bertz CT molecular complexity index is 401. The first-order valence-corrected chi connectivity index (χ1v) is 5.06. The molecular formula is C12H13F2NO2. The number of carbonyl (C=O) groups excluding carboxylic acids is 1. The molecular weight excluding hydrogens is 228 g/mol. The van der Waals surface area contributed by atoms with E-state index < -0.39 is 23.1 Å². The summed E-state index contributed by atoms with van der Waals surface area (Å²) in [5.74, 6) is -2.63. The number of hydrogen-bond donors (Lipinski definition) is 1. The molecule has 3 nitrogen and oxygen atoms in total. The fourth-order valence-corrected chi connectivity index (χ4v) is 1.41. The second-order valence-corrected chi connectivity index (χ2v) is 3.36. The van der Waals surface area contributed by atoms with Crippen LogP contribution in [0.1, 0.15) is 10.4 Å². The quantitative estimate of drug-likeness (QED) is 0.795. The lowest BCUT2D eigenvalue weighted by atomic mass is 10.1. The van der Waals surface area contributed by atoms with E-state index in [4.69, 9.17) is 5.11 Å². The van der Waals surface area contributed by atoms with Gasteiger partial charge in [-0.3, -0.25) is 4.79 Å². The van der Waals surface area contributed by atoms with Gasteiger partial charge in [0.2, 0.25) is 0 Å². The Labute approximate surface area is 98.0 Å². The predicted octanol–water partition coefficient (Wildman–Crippen LogP) is 1.59. The summed E-state index contributed by atoms with van der Waals surface area (Å²) in [5.41, 5.74) is -0.609. The molecule has 17 heavy (non-hydrogen) atoms. The summed E-state index contributed by atoms with van der Waals surface area (Å²) in [7, 11) is 0. The fourth-order valence-electron chi connectivity index (χ4n) is 1.41. The van der Waals surface area contributed by atoms with Crippen molar-refractivity contribution in [1.29, 1.82) is 0 Å². The number of hydrogen-bond acceptors (Lipinski definition) is 2. The van der Waals surface area contributed by atoms with Crippen LogP contribution in [-0.4, -0.2) is 35.6 Å². The summed E-state index contributed by atoms with van der Waals surface area (Å²) >= 11 is 0. The summed E-state index contributed by atoms with van der Waals surface area (Å²) in [6.45, 7) is 3.28. The summed E-state index contributed by atoms with van der Waals surface area (Å²) < 4.78 is 26.7. The van der Waals surface area contributed by atoms with E-state index in [-0.39, 0.29) is 19.7 Å². The number of rotatable bonds is 5. The molecule has 0 atom stereocenters. The molecule has 0 heterocycles. The third-order valence-corrected chi connectivity index (χ3v) is 2.18. The molecule has 0 aliphatic carbocycles. The maximum absolute atomic E-state index is 13.4. The van der Waals surface area contributed by atoms with Gasteiger partial charge in [0.05, 0.1) is 6.61 Å². The second kappa shape index (κ2) is 6.10. The fraction of sp³-hybridized carbons (Fsp3) is 0.250. The second-order valence-electron chi connectivity index (χ2n) is 3.36. The van der Waals surface area contributed by atoms with Crippen LogP contribution in [0.3, 0.4) is 0 Å². The number of carbonyl (C=O) groups is 1. The molecule has 0 spiro atoms. The maximum Gasteiger partial charge on any atom is 0.260 e. The molecule has 1 rings (SSSR count). The molecule has 0 saturated heterocycles. The van der Waals surface area contributed by atoms with Crippen LogP contribution in [0.5, 0.6) is 0 Å². The lowest BCUT2D eigenvalue weighted by Crippen LogP contribution is -2.34. The van der Waals surface area contributed by atoms with Crippen LogP contribution in [0.4, 0.5) is 8.78 Å². The first-order valence-electron chi connectivity index (χ1n) is 5.06. The van der Waals surface area contributed by atoms with Gasteiger partial charge in [-0.1, -0.05) is 12.1 Å². The van der Waals surface area contributed by atoms with Crippen molar-refractivity contribution in [1.82, 2.24) is 4.90 Å². The van der Waals surface area contributed by atoms with E-state index in [1.807, 2.05) is 0 Å². The Hall–Kier alpha value is -1.75. The number of amides is 1. The highest BCUT2D eigenvalue weighted by atomic mass is 19.1. The molecule has 1 amide bonds. The maximum atomic E-state index is 13.4. The molecule has 1 aromatic rings. The zero-order chi connectivity index (χ0) is 12.8. The van der Waals surface area contributed by atoms with Crippen molar-refractivity contribution >= 4 is 5.91 Å². The first-order chi connectivity index (χ1) is 8.11. The van der Waals surface area contributed by atoms with Crippen LogP contribution in [-0.2, 0) is 0 Å². The standard InChI is InChI=1S/C12H13F2NO2/c1-2-6-15(7-8-16)12(17)11-9(13)4-3-5-10(11)14/h2-5,16H,1,6-8H2. The predicted molar refractivity (Wildman–Crippen MR) is 59.5 cm³/mol. The van der Waals surface area contributed by atoms with Crippen LogP contribution in [0.25, 0.3) is 0 Å². The van der Waals surface area contributed by atoms with Crippen molar-refractivity contribution in [3.8, 4) is 0 Å². The number of aliphatic hydroxyl groups excluding tert-OH is 1. The number of halogens is 2. The van der Waals surface area contributed by atoms with Crippen LogP contribution >= 0.6 is 0 Å². The van der Waals surface area contributed by atoms with Gasteiger partial charge >= 0.3 is 0 Å². The molecule has 0 aromatic heterocycles. The van der Waals surface area contributed by atoms with Gasteiger partial charge in [0, 0.05) is 13.1 Å². The third-order valence-electron chi connectivity index (χ3n) is 2.18. The zero-order valence-corrected chi connectivity index (χ0v) is 9.20. The zero-order valence-electron chi connectivity index (χ0n) is 9.20. The van der Waals surface area contributed by atoms with Crippen LogP contribution in [0.2, 0.25) is 0 Å². The minimum atomic E-state index is -0.915. The molecule has 5 heteroatoms. The van der Waals surface area contributed by atoms with E-state index >= 15 is 0 Å². The molecule has 0 unspecified atom stereocenters. The molecule has 0 saturated carbocycles. The smallest absolute Gasteiger partial charge is 0.260 e. The van der Waals surface area contributed by atoms with E-state index in [0.29, 0.717) is 0 Å². The third kappa shape index (κ3) is 3.10. The minimum Gasteiger partial charge on any atom is -0.395 e. The molecule has 0 aliphatic rings. The van der Waals surface area contributed by atoms with Crippen molar-refractivity contribution in [2.45, 2.75) is 0 Å². The highest BCUT2D eigenvalue weighted by Crippen LogP contribution is 2.14. The first kappa shape index (κ1) is 13.3. The van der Waals surface area contributed by atoms with Gasteiger partial charge < -0.3 is 10.0 Å². The summed E-state index contributed by atoms with van der Waals surface area (Å²) in [5, 5.41) is 8.78. The Morgan fingerprint density at radius 3 is 2.47 bits per heavy atom. The van der Waals surface area contributed by atoms with Crippen LogP contribution in [0, 0.1) is 11.6 Å². The molecule has 92 valence electrons. The lowest BCUT2D eigenvalue weighted by Gasteiger charge is -2.20. The van der Waals surface area contributed by atoms with Gasteiger partial charge in [-0.25, -0.2) is 8.78 Å². The highest BCUT2D eigenvalue weighted by molar-refractivity contribution is 5.94. The van der Waals surface area contributed by atoms with Crippen molar-refractivity contribution in [2.75, 3.05) is 19.7 Å². The summed E-state index contributed by atoms with van der Waals surface area (Å²) in [4.78, 5) is 13.0. The topological polar surface area (TPSA) is 40.5 Å². The molecule has 1 aromatic carbocycles. The van der Waals surface area contributed by atoms with Gasteiger partial charge in [-0.05, 0) is 12.1 Å². The minimum absolute atomic E-state index is 0.00136. The van der Waals surface area contributed by atoms with Crippen molar-refractivity contribution < 1.29 is 18.7 Å². The number of nitrogens with zero attached hydrogens (tertiary/aromatic N) is 1. The van der Waals surface area contributed by atoms with E-state index in [1.165, 1.54) is 12.1 Å². The Morgan fingerprint density at radius 1 is 1.41 bits per heavy atom. The van der Waals surface area contributed by atoms with Crippen molar-refractivity contribution in [3.63, 3.8) is 0 Å². The molecule has 0 fully saturated rings. The normalized spacial score (nSPS) is 10.1. The van der Waals surface area contributed by atoms with Crippen LogP contribution in [0.15, 0.2) is 30.9 Å².